The topological polar surface area (TPSA) is 30.3 Å². The molecule has 0 radical (unpaired) electrons. The Morgan fingerprint density at radius 3 is 2.93 bits per heavy atom. The third-order valence-corrected chi connectivity index (χ3v) is 2.25. The molecule has 0 fully saturated rings. The summed E-state index contributed by atoms with van der Waals surface area (Å²) >= 11 is 4.08. The van der Waals surface area contributed by atoms with E-state index in [0.717, 1.165) is 32.1 Å². The van der Waals surface area contributed by atoms with Gasteiger partial charge in [0.2, 0.25) is 0 Å². The van der Waals surface area contributed by atoms with Crippen LogP contribution in [-0.2, 0) is 18.3 Å². The Balaban J connectivity index is 2.15. The monoisotopic (exact) mass is 229 g/mol. The van der Waals surface area contributed by atoms with Crippen LogP contribution in [0.3, 0.4) is 0 Å². The number of hydrogen-bond acceptors (Lipinski definition) is 4. The first kappa shape index (κ1) is 12.5. The summed E-state index contributed by atoms with van der Waals surface area (Å²) in [5, 5.41) is 4.13. The van der Waals surface area contributed by atoms with Gasteiger partial charge in [-0.2, -0.15) is 17.7 Å². The third kappa shape index (κ3) is 5.20. The highest BCUT2D eigenvalue weighted by Crippen LogP contribution is 2.00. The van der Waals surface area contributed by atoms with Crippen LogP contribution in [0, 0.1) is 0 Å². The van der Waals surface area contributed by atoms with Gasteiger partial charge in [-0.1, -0.05) is 0 Å². The summed E-state index contributed by atoms with van der Waals surface area (Å²) in [6.07, 6.45) is 3.93. The van der Waals surface area contributed by atoms with E-state index in [4.69, 9.17) is 4.74 Å². The molecule has 4 nitrogen and oxygen atoms in total. The molecule has 0 atom stereocenters. The number of hydrogen-bond donors (Lipinski definition) is 1. The Morgan fingerprint density at radius 1 is 1.53 bits per heavy atom. The quantitative estimate of drug-likeness (QED) is 0.554. The van der Waals surface area contributed by atoms with Gasteiger partial charge in [0.15, 0.2) is 0 Å². The lowest BCUT2D eigenvalue weighted by molar-refractivity contribution is 0.122. The van der Waals surface area contributed by atoms with Crippen molar-refractivity contribution in [2.24, 2.45) is 7.05 Å². The molecule has 1 aromatic heterocycles. The van der Waals surface area contributed by atoms with E-state index in [9.17, 15) is 0 Å². The van der Waals surface area contributed by atoms with Gasteiger partial charge < -0.3 is 4.74 Å². The zero-order valence-electron chi connectivity index (χ0n) is 9.39. The van der Waals surface area contributed by atoms with Crippen LogP contribution in [-0.4, -0.2) is 47.2 Å². The summed E-state index contributed by atoms with van der Waals surface area (Å²) in [6.45, 7) is 3.34. The molecule has 0 aliphatic rings. The smallest absolute Gasteiger partial charge is 0.0593 e. The van der Waals surface area contributed by atoms with Gasteiger partial charge in [-0.3, -0.25) is 9.58 Å². The molecule has 5 heteroatoms. The lowest BCUT2D eigenvalue weighted by Crippen LogP contribution is -2.22. The molecule has 0 aliphatic carbocycles. The van der Waals surface area contributed by atoms with Crippen LogP contribution in [0.25, 0.3) is 0 Å². The molecule has 0 unspecified atom stereocenters. The van der Waals surface area contributed by atoms with E-state index >= 15 is 0 Å². The first-order chi connectivity index (χ1) is 7.22. The van der Waals surface area contributed by atoms with E-state index in [0.29, 0.717) is 0 Å². The molecule has 0 spiro atoms. The Bertz CT molecular complexity index is 277. The van der Waals surface area contributed by atoms with Crippen molar-refractivity contribution in [1.82, 2.24) is 14.7 Å². The van der Waals surface area contributed by atoms with Gasteiger partial charge in [0, 0.05) is 37.7 Å². The molecule has 0 saturated heterocycles. The lowest BCUT2D eigenvalue weighted by atomic mass is 10.3. The molecule has 0 bridgehead atoms. The normalized spacial score (nSPS) is 11.2. The summed E-state index contributed by atoms with van der Waals surface area (Å²) in [7, 11) is 4.01. The Kier molecular flexibility index (Phi) is 5.75. The SMILES string of the molecule is CN(CCOCCS)Cc1cnn(C)c1. The lowest BCUT2D eigenvalue weighted by Gasteiger charge is -2.15. The number of ether oxygens (including phenoxy) is 1. The Labute approximate surface area is 96.6 Å². The second-order valence-electron chi connectivity index (χ2n) is 3.60. The number of rotatable bonds is 7. The molecule has 1 aromatic rings. The van der Waals surface area contributed by atoms with Gasteiger partial charge in [0.1, 0.15) is 0 Å². The van der Waals surface area contributed by atoms with Crippen LogP contribution >= 0.6 is 12.6 Å². The van der Waals surface area contributed by atoms with Crippen molar-refractivity contribution in [1.29, 1.82) is 0 Å². The van der Waals surface area contributed by atoms with Gasteiger partial charge in [-0.05, 0) is 7.05 Å². The maximum absolute atomic E-state index is 5.36. The van der Waals surface area contributed by atoms with Gasteiger partial charge in [0.25, 0.3) is 0 Å². The number of aromatic nitrogens is 2. The maximum atomic E-state index is 5.36. The molecule has 15 heavy (non-hydrogen) atoms. The highest BCUT2D eigenvalue weighted by atomic mass is 32.1. The third-order valence-electron chi connectivity index (χ3n) is 2.06. The predicted molar refractivity (Wildman–Crippen MR) is 64.2 cm³/mol. The minimum atomic E-state index is 0.726. The predicted octanol–water partition coefficient (Wildman–Crippen LogP) is 0.798. The van der Waals surface area contributed by atoms with Crippen molar-refractivity contribution >= 4 is 12.6 Å². The Morgan fingerprint density at radius 2 is 2.33 bits per heavy atom. The van der Waals surface area contributed by atoms with Gasteiger partial charge in [-0.25, -0.2) is 0 Å². The molecule has 1 heterocycles. The summed E-state index contributed by atoms with van der Waals surface area (Å²) in [5.41, 5.74) is 1.23. The highest BCUT2D eigenvalue weighted by molar-refractivity contribution is 7.80. The van der Waals surface area contributed by atoms with E-state index in [-0.39, 0.29) is 0 Å². The summed E-state index contributed by atoms with van der Waals surface area (Å²) < 4.78 is 7.18. The number of thiol groups is 1. The van der Waals surface area contributed by atoms with Gasteiger partial charge in [0.05, 0.1) is 19.4 Å². The second kappa shape index (κ2) is 6.87. The molecule has 0 aliphatic heterocycles. The molecule has 1 rings (SSSR count). The standard InChI is InChI=1S/C10H19N3OS/c1-12(3-4-14-5-6-15)8-10-7-11-13(2)9-10/h7,9,15H,3-6,8H2,1-2H3. The van der Waals surface area contributed by atoms with Gasteiger partial charge >= 0.3 is 0 Å². The van der Waals surface area contributed by atoms with E-state index < -0.39 is 0 Å². The van der Waals surface area contributed by atoms with Crippen LogP contribution in [0.15, 0.2) is 12.4 Å². The van der Waals surface area contributed by atoms with Crippen molar-refractivity contribution in [3.05, 3.63) is 18.0 Å². The minimum absolute atomic E-state index is 0.726. The van der Waals surface area contributed by atoms with Crippen LogP contribution in [0.4, 0.5) is 0 Å². The van der Waals surface area contributed by atoms with Crippen molar-refractivity contribution in [3.63, 3.8) is 0 Å². The summed E-state index contributed by atoms with van der Waals surface area (Å²) in [4.78, 5) is 2.22. The van der Waals surface area contributed by atoms with E-state index in [1.54, 1.807) is 0 Å². The van der Waals surface area contributed by atoms with Crippen LogP contribution in [0.2, 0.25) is 0 Å². The molecule has 86 valence electrons. The number of nitrogens with zero attached hydrogens (tertiary/aromatic N) is 3. The average molecular weight is 229 g/mol. The van der Waals surface area contributed by atoms with E-state index in [1.165, 1.54) is 5.56 Å². The summed E-state index contributed by atoms with van der Waals surface area (Å²) in [6, 6.07) is 0. The molecule has 0 amide bonds. The minimum Gasteiger partial charge on any atom is -0.379 e. The molecular formula is C10H19N3OS. The van der Waals surface area contributed by atoms with Crippen molar-refractivity contribution in [2.75, 3.05) is 32.6 Å². The molecule has 0 N–H and O–H groups in total. The first-order valence-corrected chi connectivity index (χ1v) is 5.70. The van der Waals surface area contributed by atoms with Crippen molar-refractivity contribution in [2.45, 2.75) is 6.54 Å². The average Bonchev–Trinajstić information content (AvgIpc) is 2.59. The highest BCUT2D eigenvalue weighted by Gasteiger charge is 2.01. The van der Waals surface area contributed by atoms with E-state index in [1.807, 2.05) is 24.1 Å². The fourth-order valence-electron chi connectivity index (χ4n) is 1.33. The van der Waals surface area contributed by atoms with Gasteiger partial charge in [-0.15, -0.1) is 0 Å². The number of likely N-dealkylation sites (N-methyl/N-ethyl adjacent to an activating group) is 1. The van der Waals surface area contributed by atoms with Crippen molar-refractivity contribution < 1.29 is 4.74 Å². The van der Waals surface area contributed by atoms with Crippen molar-refractivity contribution in [3.8, 4) is 0 Å². The first-order valence-electron chi connectivity index (χ1n) is 5.07. The largest absolute Gasteiger partial charge is 0.379 e. The molecule has 0 aromatic carbocycles. The van der Waals surface area contributed by atoms with Crippen LogP contribution < -0.4 is 0 Å². The Hall–Kier alpha value is -0.520. The zero-order chi connectivity index (χ0) is 11.1. The second-order valence-corrected chi connectivity index (χ2v) is 4.04. The fraction of sp³-hybridized carbons (Fsp3) is 0.700. The summed E-state index contributed by atoms with van der Waals surface area (Å²) in [5.74, 6) is 0.784. The number of aryl methyl sites for hydroxylation is 1. The molecule has 0 saturated carbocycles. The van der Waals surface area contributed by atoms with Crippen LogP contribution in [0.1, 0.15) is 5.56 Å². The maximum Gasteiger partial charge on any atom is 0.0593 e. The van der Waals surface area contributed by atoms with Crippen LogP contribution in [0.5, 0.6) is 0 Å². The fourth-order valence-corrected chi connectivity index (χ4v) is 1.46. The van der Waals surface area contributed by atoms with E-state index in [2.05, 4.69) is 29.7 Å². The zero-order valence-corrected chi connectivity index (χ0v) is 10.3. The molecular weight excluding hydrogens is 210 g/mol.